The maximum Gasteiger partial charge on any atom is 0.227 e. The highest BCUT2D eigenvalue weighted by Crippen LogP contribution is 2.27. The third-order valence-corrected chi connectivity index (χ3v) is 5.17. The van der Waals surface area contributed by atoms with Crippen LogP contribution in [0.5, 0.6) is 0 Å². The van der Waals surface area contributed by atoms with Crippen LogP contribution in [0.4, 0.5) is 0 Å². The van der Waals surface area contributed by atoms with Crippen molar-refractivity contribution in [3.05, 3.63) is 48.0 Å². The number of rotatable bonds is 4. The number of amides is 1. The number of piperidine rings is 1. The van der Waals surface area contributed by atoms with Gasteiger partial charge in [-0.2, -0.15) is 0 Å². The molecule has 1 atom stereocenters. The molecule has 1 amide bonds. The van der Waals surface area contributed by atoms with Crippen LogP contribution in [0.2, 0.25) is 0 Å². The summed E-state index contributed by atoms with van der Waals surface area (Å²) in [6.45, 7) is 7.13. The third-order valence-electron chi connectivity index (χ3n) is 5.17. The minimum Gasteiger partial charge on any atom is -0.355 e. The van der Waals surface area contributed by atoms with Gasteiger partial charge in [0.05, 0.1) is 5.92 Å². The highest BCUT2D eigenvalue weighted by molar-refractivity contribution is 5.87. The number of benzene rings is 2. The van der Waals surface area contributed by atoms with Crippen LogP contribution in [0, 0.1) is 5.41 Å². The maximum atomic E-state index is 12.5. The van der Waals surface area contributed by atoms with Gasteiger partial charge in [0, 0.05) is 6.54 Å². The topological polar surface area (TPSA) is 41.1 Å². The van der Waals surface area contributed by atoms with E-state index in [-0.39, 0.29) is 29.6 Å². The van der Waals surface area contributed by atoms with Crippen LogP contribution in [0.1, 0.15) is 38.2 Å². The number of carbonyl (C=O) groups excluding carboxylic acids is 1. The van der Waals surface area contributed by atoms with Crippen LogP contribution in [-0.4, -0.2) is 25.5 Å². The quantitative estimate of drug-likeness (QED) is 0.882. The highest BCUT2D eigenvalue weighted by Gasteiger charge is 2.28. The number of hydrogen-bond donors (Lipinski definition) is 2. The van der Waals surface area contributed by atoms with Gasteiger partial charge in [0.15, 0.2) is 0 Å². The van der Waals surface area contributed by atoms with E-state index in [4.69, 9.17) is 0 Å². The Labute approximate surface area is 150 Å². The predicted octanol–water partition coefficient (Wildman–Crippen LogP) is 3.87. The van der Waals surface area contributed by atoms with Gasteiger partial charge in [-0.1, -0.05) is 49.4 Å². The first-order valence-corrected chi connectivity index (χ1v) is 8.55. The number of fused-ring (bicyclic) bond motifs is 1. The molecule has 0 bridgehead atoms. The molecular weight excluding hydrogens is 320 g/mol. The van der Waals surface area contributed by atoms with Crippen LogP contribution in [0.3, 0.4) is 0 Å². The molecule has 2 aromatic rings. The number of hydrogen-bond acceptors (Lipinski definition) is 2. The van der Waals surface area contributed by atoms with E-state index in [1.165, 1.54) is 10.8 Å². The minimum absolute atomic E-state index is 0. The molecule has 0 radical (unpaired) electrons. The fourth-order valence-electron chi connectivity index (χ4n) is 3.29. The van der Waals surface area contributed by atoms with Gasteiger partial charge >= 0.3 is 0 Å². The van der Waals surface area contributed by atoms with Gasteiger partial charge < -0.3 is 10.6 Å². The standard InChI is InChI=1S/C20H26N2O.ClH/c1-15(17-8-7-16-5-3-4-6-18(16)13-17)19(23)22-14-20(2)9-11-21-12-10-20;/h3-8,13,15,21H,9-12,14H2,1-2H3,(H,22,23);1H. The molecule has 1 heterocycles. The van der Waals surface area contributed by atoms with Crippen molar-refractivity contribution in [2.75, 3.05) is 19.6 Å². The number of carbonyl (C=O) groups is 1. The van der Waals surface area contributed by atoms with E-state index >= 15 is 0 Å². The average Bonchev–Trinajstić information content (AvgIpc) is 2.59. The molecule has 1 aliphatic rings. The molecule has 24 heavy (non-hydrogen) atoms. The monoisotopic (exact) mass is 346 g/mol. The molecule has 2 N–H and O–H groups in total. The lowest BCUT2D eigenvalue weighted by molar-refractivity contribution is -0.122. The summed E-state index contributed by atoms with van der Waals surface area (Å²) in [5.41, 5.74) is 1.31. The summed E-state index contributed by atoms with van der Waals surface area (Å²) in [7, 11) is 0. The first-order chi connectivity index (χ1) is 11.1. The summed E-state index contributed by atoms with van der Waals surface area (Å²) >= 11 is 0. The van der Waals surface area contributed by atoms with E-state index in [1.807, 2.05) is 19.1 Å². The molecule has 0 saturated carbocycles. The SMILES string of the molecule is CC(C(=O)NCC1(C)CCNCC1)c1ccc2ccccc2c1.Cl. The molecule has 0 aliphatic carbocycles. The normalized spacial score (nSPS) is 17.8. The molecule has 1 unspecified atom stereocenters. The van der Waals surface area contributed by atoms with E-state index in [9.17, 15) is 4.79 Å². The lowest BCUT2D eigenvalue weighted by atomic mass is 9.81. The second-order valence-corrected chi connectivity index (χ2v) is 7.11. The molecule has 4 heteroatoms. The van der Waals surface area contributed by atoms with Crippen molar-refractivity contribution < 1.29 is 4.79 Å². The second kappa shape index (κ2) is 8.00. The van der Waals surface area contributed by atoms with Crippen molar-refractivity contribution >= 4 is 29.1 Å². The Morgan fingerprint density at radius 1 is 1.17 bits per heavy atom. The van der Waals surface area contributed by atoms with Crippen LogP contribution in [0.15, 0.2) is 42.5 Å². The summed E-state index contributed by atoms with van der Waals surface area (Å²) in [4.78, 5) is 12.5. The molecular formula is C20H27ClN2O. The molecule has 130 valence electrons. The predicted molar refractivity (Wildman–Crippen MR) is 103 cm³/mol. The summed E-state index contributed by atoms with van der Waals surface area (Å²) in [5, 5.41) is 8.96. The molecule has 3 rings (SSSR count). The Kier molecular flexibility index (Phi) is 6.25. The zero-order chi connectivity index (χ0) is 16.3. The molecule has 0 spiro atoms. The van der Waals surface area contributed by atoms with E-state index in [0.717, 1.165) is 38.0 Å². The third kappa shape index (κ3) is 4.28. The van der Waals surface area contributed by atoms with Crippen LogP contribution in [0.25, 0.3) is 10.8 Å². The Bertz CT molecular complexity index is 695. The highest BCUT2D eigenvalue weighted by atomic mass is 35.5. The summed E-state index contributed by atoms with van der Waals surface area (Å²) in [5.74, 6) is 0.00459. The molecule has 2 aromatic carbocycles. The smallest absolute Gasteiger partial charge is 0.227 e. The summed E-state index contributed by atoms with van der Waals surface area (Å²) in [6, 6.07) is 14.6. The van der Waals surface area contributed by atoms with Crippen molar-refractivity contribution in [3.8, 4) is 0 Å². The van der Waals surface area contributed by atoms with E-state index in [2.05, 4.69) is 47.9 Å². The van der Waals surface area contributed by atoms with Crippen molar-refractivity contribution in [2.24, 2.45) is 5.41 Å². The molecule has 1 aliphatic heterocycles. The summed E-state index contributed by atoms with van der Waals surface area (Å²) in [6.07, 6.45) is 2.25. The fourth-order valence-corrected chi connectivity index (χ4v) is 3.29. The lowest BCUT2D eigenvalue weighted by Gasteiger charge is -2.34. The molecule has 0 aromatic heterocycles. The van der Waals surface area contributed by atoms with E-state index < -0.39 is 0 Å². The molecule has 1 fully saturated rings. The first-order valence-electron chi connectivity index (χ1n) is 8.55. The maximum absolute atomic E-state index is 12.5. The van der Waals surface area contributed by atoms with Crippen molar-refractivity contribution in [3.63, 3.8) is 0 Å². The number of nitrogens with one attached hydrogen (secondary N) is 2. The van der Waals surface area contributed by atoms with Gasteiger partial charge in [-0.15, -0.1) is 12.4 Å². The van der Waals surface area contributed by atoms with Gasteiger partial charge in [0.2, 0.25) is 5.91 Å². The van der Waals surface area contributed by atoms with Gasteiger partial charge in [-0.3, -0.25) is 4.79 Å². The van der Waals surface area contributed by atoms with Crippen LogP contribution < -0.4 is 10.6 Å². The molecule has 3 nitrogen and oxygen atoms in total. The zero-order valence-electron chi connectivity index (χ0n) is 14.5. The van der Waals surface area contributed by atoms with E-state index in [1.54, 1.807) is 0 Å². The van der Waals surface area contributed by atoms with Crippen LogP contribution in [-0.2, 0) is 4.79 Å². The average molecular weight is 347 g/mol. The zero-order valence-corrected chi connectivity index (χ0v) is 15.3. The van der Waals surface area contributed by atoms with Crippen molar-refractivity contribution in [1.29, 1.82) is 0 Å². The molecule has 1 saturated heterocycles. The fraction of sp³-hybridized carbons (Fsp3) is 0.450. The Balaban J connectivity index is 0.00000208. The van der Waals surface area contributed by atoms with Crippen molar-refractivity contribution in [2.45, 2.75) is 32.6 Å². The van der Waals surface area contributed by atoms with Gasteiger partial charge in [0.25, 0.3) is 0 Å². The van der Waals surface area contributed by atoms with E-state index in [0.29, 0.717) is 0 Å². The first kappa shape index (κ1) is 18.8. The largest absolute Gasteiger partial charge is 0.355 e. The van der Waals surface area contributed by atoms with Gasteiger partial charge in [0.1, 0.15) is 0 Å². The number of halogens is 1. The van der Waals surface area contributed by atoms with Crippen LogP contribution >= 0.6 is 12.4 Å². The Hall–Kier alpha value is -1.58. The second-order valence-electron chi connectivity index (χ2n) is 7.11. The summed E-state index contributed by atoms with van der Waals surface area (Å²) < 4.78 is 0. The lowest BCUT2D eigenvalue weighted by Crippen LogP contribution is -2.43. The Morgan fingerprint density at radius 2 is 1.83 bits per heavy atom. The Morgan fingerprint density at radius 3 is 2.54 bits per heavy atom. The minimum atomic E-state index is -0.120. The van der Waals surface area contributed by atoms with Gasteiger partial charge in [-0.25, -0.2) is 0 Å². The van der Waals surface area contributed by atoms with Gasteiger partial charge in [-0.05, 0) is 54.6 Å². The van der Waals surface area contributed by atoms with Crippen molar-refractivity contribution in [1.82, 2.24) is 10.6 Å².